The number of hydrogen-bond acceptors (Lipinski definition) is 7. The minimum absolute atomic E-state index is 0.0981. The Kier molecular flexibility index (Phi) is 13.7. The van der Waals surface area contributed by atoms with Gasteiger partial charge in [0.25, 0.3) is 5.91 Å². The molecule has 0 atom stereocenters. The first-order chi connectivity index (χ1) is 18.7. The molecular weight excluding hydrogens is 590 g/mol. The summed E-state index contributed by atoms with van der Waals surface area (Å²) in [4.78, 5) is 23.5. The topological polar surface area (TPSA) is 71.7 Å². The van der Waals surface area contributed by atoms with Gasteiger partial charge in [0.05, 0.1) is 34.5 Å². The highest BCUT2D eigenvalue weighted by molar-refractivity contribution is 9.10. The minimum Gasteiger partial charge on any atom is -0.384 e. The molecule has 0 aliphatic carbocycles. The summed E-state index contributed by atoms with van der Waals surface area (Å²) in [5.41, 5.74) is 2.94. The number of hydrogen-bond donors (Lipinski definition) is 1. The second-order valence-electron chi connectivity index (χ2n) is 8.45. The van der Waals surface area contributed by atoms with Crippen molar-refractivity contribution in [2.24, 2.45) is 4.99 Å². The molecule has 1 aliphatic rings. The fraction of sp³-hybridized carbons (Fsp3) is 0.233. The molecule has 0 aromatic heterocycles. The van der Waals surface area contributed by atoms with E-state index >= 15 is 0 Å². The highest BCUT2D eigenvalue weighted by Crippen LogP contribution is 2.38. The van der Waals surface area contributed by atoms with Crippen LogP contribution in [0, 0.1) is 11.3 Å². The molecule has 0 bridgehead atoms. The first-order valence-corrected chi connectivity index (χ1v) is 14.8. The van der Waals surface area contributed by atoms with Gasteiger partial charge >= 0.3 is 0 Å². The van der Waals surface area contributed by atoms with E-state index in [1.165, 1.54) is 23.5 Å². The molecule has 204 valence electrons. The van der Waals surface area contributed by atoms with E-state index in [2.05, 4.69) is 33.9 Å². The number of carbonyl (C=O) groups is 1. The van der Waals surface area contributed by atoms with Crippen molar-refractivity contribution in [2.75, 3.05) is 26.0 Å². The van der Waals surface area contributed by atoms with Crippen molar-refractivity contribution in [2.45, 2.75) is 27.3 Å². The van der Waals surface area contributed by atoms with Gasteiger partial charge < -0.3 is 10.2 Å². The van der Waals surface area contributed by atoms with Crippen molar-refractivity contribution in [3.8, 4) is 6.07 Å². The number of anilines is 1. The molecule has 0 saturated carbocycles. The zero-order valence-corrected chi connectivity index (χ0v) is 26.2. The van der Waals surface area contributed by atoms with Crippen LogP contribution in [0.3, 0.4) is 0 Å². The molecule has 2 aromatic rings. The summed E-state index contributed by atoms with van der Waals surface area (Å²) < 4.78 is 0.949. The maximum atomic E-state index is 13.3. The average Bonchev–Trinajstić information content (AvgIpc) is 3.18. The third-order valence-electron chi connectivity index (χ3n) is 4.98. The Morgan fingerprint density at radius 1 is 1.31 bits per heavy atom. The van der Waals surface area contributed by atoms with Gasteiger partial charge in [-0.2, -0.15) is 5.26 Å². The number of nitrogens with one attached hydrogen (secondary N) is 1. The fourth-order valence-corrected chi connectivity index (χ4v) is 5.47. The number of nitrogens with zero attached hydrogens (tertiary/aromatic N) is 4. The number of rotatable bonds is 9. The lowest BCUT2D eigenvalue weighted by Gasteiger charge is -2.17. The van der Waals surface area contributed by atoms with Gasteiger partial charge in [-0.25, -0.2) is 4.99 Å². The van der Waals surface area contributed by atoms with Crippen LogP contribution < -0.4 is 5.32 Å². The fourth-order valence-electron chi connectivity index (χ4n) is 3.32. The number of carbonyl (C=O) groups excluding carboxylic acids is 1. The van der Waals surface area contributed by atoms with Crippen molar-refractivity contribution < 1.29 is 4.79 Å². The zero-order valence-electron chi connectivity index (χ0n) is 22.9. The van der Waals surface area contributed by atoms with Crippen LogP contribution in [0.1, 0.15) is 31.9 Å². The van der Waals surface area contributed by atoms with Crippen LogP contribution in [-0.4, -0.2) is 41.5 Å². The van der Waals surface area contributed by atoms with Crippen LogP contribution in [0.2, 0.25) is 0 Å². The van der Waals surface area contributed by atoms with Gasteiger partial charge in [-0.15, -0.1) is 11.8 Å². The van der Waals surface area contributed by atoms with Crippen LogP contribution in [-0.2, 0) is 11.3 Å². The SMILES string of the molecule is C/C=C/N(C)C.C=C/C=C(\C)S/C=C1\SC(=Nc2cc(C#N)ccc2NCC)N(Cc2cccc(Br)c2)C1=O. The minimum atomic E-state index is -0.0981. The van der Waals surface area contributed by atoms with Gasteiger partial charge in [0.15, 0.2) is 5.17 Å². The number of allylic oxidation sites excluding steroid dienone is 4. The van der Waals surface area contributed by atoms with E-state index in [0.29, 0.717) is 34.4 Å². The third-order valence-corrected chi connectivity index (χ3v) is 7.49. The van der Waals surface area contributed by atoms with E-state index in [1.54, 1.807) is 23.1 Å². The lowest BCUT2D eigenvalue weighted by molar-refractivity contribution is -0.122. The number of amidine groups is 1. The summed E-state index contributed by atoms with van der Waals surface area (Å²) in [6, 6.07) is 15.4. The number of nitriles is 1. The van der Waals surface area contributed by atoms with Crippen LogP contribution >= 0.6 is 39.5 Å². The predicted molar refractivity (Wildman–Crippen MR) is 173 cm³/mol. The molecule has 1 heterocycles. The molecule has 1 amide bonds. The van der Waals surface area contributed by atoms with Crippen LogP contribution in [0.4, 0.5) is 11.4 Å². The number of amides is 1. The van der Waals surface area contributed by atoms with Crippen molar-refractivity contribution in [1.29, 1.82) is 5.26 Å². The monoisotopic (exact) mass is 623 g/mol. The Morgan fingerprint density at radius 2 is 2.08 bits per heavy atom. The summed E-state index contributed by atoms with van der Waals surface area (Å²) in [7, 11) is 4.00. The van der Waals surface area contributed by atoms with Crippen LogP contribution in [0.5, 0.6) is 0 Å². The second kappa shape index (κ2) is 16.7. The first-order valence-electron chi connectivity index (χ1n) is 12.3. The lowest BCUT2D eigenvalue weighted by Crippen LogP contribution is -2.28. The molecule has 9 heteroatoms. The Labute approximate surface area is 249 Å². The molecule has 1 saturated heterocycles. The molecule has 0 spiro atoms. The van der Waals surface area contributed by atoms with Crippen molar-refractivity contribution >= 4 is 61.9 Å². The van der Waals surface area contributed by atoms with Crippen LogP contribution in [0.25, 0.3) is 0 Å². The summed E-state index contributed by atoms with van der Waals surface area (Å²) in [5.74, 6) is -0.0981. The lowest BCUT2D eigenvalue weighted by atomic mass is 10.2. The van der Waals surface area contributed by atoms with Crippen molar-refractivity contribution in [3.63, 3.8) is 0 Å². The zero-order chi connectivity index (χ0) is 28.8. The molecule has 0 unspecified atom stereocenters. The van der Waals surface area contributed by atoms with E-state index in [1.807, 2.05) is 93.9 Å². The highest BCUT2D eigenvalue weighted by Gasteiger charge is 2.33. The quantitative estimate of drug-likeness (QED) is 0.224. The summed E-state index contributed by atoms with van der Waals surface area (Å²) in [6.45, 7) is 10.8. The maximum absolute atomic E-state index is 13.3. The number of benzene rings is 2. The number of thioether (sulfide) groups is 2. The van der Waals surface area contributed by atoms with Gasteiger partial charge in [-0.05, 0) is 84.9 Å². The Morgan fingerprint density at radius 3 is 2.67 bits per heavy atom. The van der Waals surface area contributed by atoms with Gasteiger partial charge in [0, 0.05) is 25.1 Å². The van der Waals surface area contributed by atoms with Gasteiger partial charge in [0.2, 0.25) is 0 Å². The standard InChI is InChI=1S/C25H23BrN4OS2.C5H11N/c1-4-7-17(3)32-16-23-24(31)30(15-19-8-6-9-20(26)12-19)25(33-23)29-22-13-18(14-27)10-11-21(22)28-5-2;1-4-5-6(2)3/h4,6-13,16,28H,1,5,15H2,2-3H3;4-5H,1-3H3/b17-7+,23-16-,29-25?;5-4+. The summed E-state index contributed by atoms with van der Waals surface area (Å²) >= 11 is 6.32. The Hall–Kier alpha value is -3.19. The molecular formula is C30H34BrN5OS2. The van der Waals surface area contributed by atoms with Gasteiger partial charge in [-0.3, -0.25) is 9.69 Å². The van der Waals surface area contributed by atoms with Gasteiger partial charge in [-0.1, -0.05) is 52.9 Å². The molecule has 2 aromatic carbocycles. The largest absolute Gasteiger partial charge is 0.384 e. The summed E-state index contributed by atoms with van der Waals surface area (Å²) in [6.07, 6.45) is 7.62. The Balaban J connectivity index is 0.000000798. The van der Waals surface area contributed by atoms with E-state index in [-0.39, 0.29) is 5.91 Å². The van der Waals surface area contributed by atoms with E-state index < -0.39 is 0 Å². The highest BCUT2D eigenvalue weighted by atomic mass is 79.9. The normalized spacial score (nSPS) is 15.4. The predicted octanol–water partition coefficient (Wildman–Crippen LogP) is 8.26. The average molecular weight is 625 g/mol. The molecule has 0 radical (unpaired) electrons. The molecule has 1 fully saturated rings. The van der Waals surface area contributed by atoms with Gasteiger partial charge in [0.1, 0.15) is 0 Å². The number of halogens is 1. The number of aliphatic imine (C=N–C) groups is 1. The molecule has 1 N–H and O–H groups in total. The maximum Gasteiger partial charge on any atom is 0.267 e. The van der Waals surface area contributed by atoms with Crippen molar-refractivity contribution in [3.05, 3.63) is 104 Å². The molecule has 1 aliphatic heterocycles. The molecule has 6 nitrogen and oxygen atoms in total. The van der Waals surface area contributed by atoms with E-state index in [4.69, 9.17) is 4.99 Å². The van der Waals surface area contributed by atoms with E-state index in [9.17, 15) is 10.1 Å². The third kappa shape index (κ3) is 10.5. The summed E-state index contributed by atoms with van der Waals surface area (Å²) in [5, 5.41) is 15.1. The van der Waals surface area contributed by atoms with Crippen molar-refractivity contribution in [1.82, 2.24) is 9.80 Å². The smallest absolute Gasteiger partial charge is 0.267 e. The second-order valence-corrected chi connectivity index (χ2v) is 11.5. The molecule has 3 rings (SSSR count). The Bertz CT molecular complexity index is 1320. The first kappa shape index (κ1) is 32.0. The van der Waals surface area contributed by atoms with Crippen LogP contribution in [0.15, 0.2) is 98.2 Å². The van der Waals surface area contributed by atoms with E-state index in [0.717, 1.165) is 20.6 Å². The molecule has 39 heavy (non-hydrogen) atoms.